The molecule has 2 saturated heterocycles. The molecule has 0 saturated carbocycles. The van der Waals surface area contributed by atoms with Crippen LogP contribution in [0.25, 0.3) is 0 Å². The van der Waals surface area contributed by atoms with E-state index in [-0.39, 0.29) is 17.9 Å². The van der Waals surface area contributed by atoms with Crippen LogP contribution in [0.15, 0.2) is 16.5 Å². The summed E-state index contributed by atoms with van der Waals surface area (Å²) in [6.45, 7) is 2.92. The number of hydrogen-bond acceptors (Lipinski definition) is 5. The summed E-state index contributed by atoms with van der Waals surface area (Å²) in [7, 11) is 0. The molecule has 0 bridgehead atoms. The molecule has 27 heavy (non-hydrogen) atoms. The Hall–Kier alpha value is -1.47. The Labute approximate surface area is 165 Å². The van der Waals surface area contributed by atoms with Gasteiger partial charge in [0.1, 0.15) is 5.76 Å². The topological polar surface area (TPSA) is 71.8 Å². The normalized spacial score (nSPS) is 20.8. The van der Waals surface area contributed by atoms with Gasteiger partial charge >= 0.3 is 0 Å². The number of likely N-dealkylation sites (tertiary alicyclic amines) is 1. The van der Waals surface area contributed by atoms with Gasteiger partial charge in [0.2, 0.25) is 5.91 Å². The molecular weight excluding hydrogens is 364 g/mol. The number of hydrogen-bond donors (Lipinski definition) is 1. The molecule has 0 radical (unpaired) electrons. The van der Waals surface area contributed by atoms with Crippen LogP contribution in [-0.4, -0.2) is 55.3 Å². The summed E-state index contributed by atoms with van der Waals surface area (Å²) >= 11 is 1.68. The van der Waals surface area contributed by atoms with Gasteiger partial charge in [-0.25, -0.2) is 0 Å². The highest BCUT2D eigenvalue weighted by Crippen LogP contribution is 2.24. The van der Waals surface area contributed by atoms with Gasteiger partial charge in [-0.2, -0.15) is 11.8 Å². The molecule has 2 amide bonds. The van der Waals surface area contributed by atoms with Crippen molar-refractivity contribution in [3.63, 3.8) is 0 Å². The lowest BCUT2D eigenvalue weighted by atomic mass is 9.92. The standard InChI is InChI=1S/C20H30N2O4S/c1-27-14-17-5-6-18(26-17)20(24)22-10-8-15(9-11-22)4-7-19(23)21-13-16-3-2-12-25-16/h5-6,15-16H,2-4,7-14H2,1H3,(H,21,23)/t16-/m1/s1. The molecule has 1 aromatic rings. The van der Waals surface area contributed by atoms with Crippen molar-refractivity contribution in [1.82, 2.24) is 10.2 Å². The number of nitrogens with one attached hydrogen (secondary N) is 1. The van der Waals surface area contributed by atoms with Crippen molar-refractivity contribution in [2.24, 2.45) is 5.92 Å². The Balaban J connectivity index is 1.34. The predicted octanol–water partition coefficient (Wildman–Crippen LogP) is 3.07. The van der Waals surface area contributed by atoms with Crippen LogP contribution in [-0.2, 0) is 15.3 Å². The van der Waals surface area contributed by atoms with Crippen LogP contribution >= 0.6 is 11.8 Å². The average Bonchev–Trinajstić information content (AvgIpc) is 3.37. The maximum Gasteiger partial charge on any atom is 0.289 e. The highest BCUT2D eigenvalue weighted by molar-refractivity contribution is 7.97. The second kappa shape index (κ2) is 10.2. The van der Waals surface area contributed by atoms with Crippen molar-refractivity contribution in [3.8, 4) is 0 Å². The molecule has 0 unspecified atom stereocenters. The van der Waals surface area contributed by atoms with Gasteiger partial charge in [-0.1, -0.05) is 0 Å². The Kier molecular flexibility index (Phi) is 7.64. The quantitative estimate of drug-likeness (QED) is 0.734. The number of piperidine rings is 1. The molecule has 2 fully saturated rings. The van der Waals surface area contributed by atoms with Crippen molar-refractivity contribution in [1.29, 1.82) is 0 Å². The van der Waals surface area contributed by atoms with Crippen molar-refractivity contribution in [2.75, 3.05) is 32.5 Å². The largest absolute Gasteiger partial charge is 0.455 e. The molecule has 3 heterocycles. The highest BCUT2D eigenvalue weighted by atomic mass is 32.2. The minimum atomic E-state index is -0.0184. The first-order valence-corrected chi connectivity index (χ1v) is 11.3. The third kappa shape index (κ3) is 6.01. The highest BCUT2D eigenvalue weighted by Gasteiger charge is 2.26. The first-order valence-electron chi connectivity index (χ1n) is 9.91. The molecule has 2 aliphatic heterocycles. The molecule has 3 rings (SSSR count). The molecule has 1 aromatic heterocycles. The van der Waals surface area contributed by atoms with Crippen molar-refractivity contribution >= 4 is 23.6 Å². The SMILES string of the molecule is CSCc1ccc(C(=O)N2CCC(CCC(=O)NC[C@H]3CCCO3)CC2)o1. The fraction of sp³-hybridized carbons (Fsp3) is 0.700. The summed E-state index contributed by atoms with van der Waals surface area (Å²) in [4.78, 5) is 26.4. The second-order valence-corrected chi connectivity index (χ2v) is 8.28. The smallest absolute Gasteiger partial charge is 0.289 e. The Morgan fingerprint density at radius 2 is 2.07 bits per heavy atom. The van der Waals surface area contributed by atoms with Gasteiger partial charge in [-0.05, 0) is 56.4 Å². The van der Waals surface area contributed by atoms with E-state index in [1.807, 2.05) is 17.2 Å². The lowest BCUT2D eigenvalue weighted by Crippen LogP contribution is -2.38. The Morgan fingerprint density at radius 3 is 2.78 bits per heavy atom. The molecule has 7 heteroatoms. The summed E-state index contributed by atoms with van der Waals surface area (Å²) in [5.41, 5.74) is 0. The van der Waals surface area contributed by atoms with Gasteiger partial charge in [0.25, 0.3) is 5.91 Å². The zero-order valence-electron chi connectivity index (χ0n) is 16.1. The lowest BCUT2D eigenvalue weighted by molar-refractivity contribution is -0.122. The first kappa shape index (κ1) is 20.3. The number of furan rings is 1. The van der Waals surface area contributed by atoms with E-state index in [1.165, 1.54) is 0 Å². The minimum Gasteiger partial charge on any atom is -0.455 e. The first-order chi connectivity index (χ1) is 13.2. The van der Waals surface area contributed by atoms with Crippen LogP contribution in [0.4, 0.5) is 0 Å². The molecule has 0 spiro atoms. The number of ether oxygens (including phenoxy) is 1. The van der Waals surface area contributed by atoms with Gasteiger partial charge < -0.3 is 19.4 Å². The van der Waals surface area contributed by atoms with Crippen molar-refractivity contribution < 1.29 is 18.7 Å². The number of thioether (sulfide) groups is 1. The zero-order chi connectivity index (χ0) is 19.1. The summed E-state index contributed by atoms with van der Waals surface area (Å²) in [5.74, 6) is 2.66. The van der Waals surface area contributed by atoms with Crippen molar-refractivity contribution in [3.05, 3.63) is 23.7 Å². The van der Waals surface area contributed by atoms with E-state index >= 15 is 0 Å². The molecule has 150 valence electrons. The number of rotatable bonds is 8. The Bertz CT molecular complexity index is 619. The van der Waals surface area contributed by atoms with Crippen molar-refractivity contribution in [2.45, 2.75) is 50.4 Å². The number of carbonyl (C=O) groups excluding carboxylic acids is 2. The Morgan fingerprint density at radius 1 is 1.26 bits per heavy atom. The number of nitrogens with zero attached hydrogens (tertiary/aromatic N) is 1. The monoisotopic (exact) mass is 394 g/mol. The van der Waals surface area contributed by atoms with E-state index in [4.69, 9.17) is 9.15 Å². The summed E-state index contributed by atoms with van der Waals surface area (Å²) in [6, 6.07) is 3.66. The van der Waals surface area contributed by atoms with E-state index in [1.54, 1.807) is 17.8 Å². The molecular formula is C20H30N2O4S. The predicted molar refractivity (Wildman–Crippen MR) is 106 cm³/mol. The van der Waals surface area contributed by atoms with E-state index in [9.17, 15) is 9.59 Å². The van der Waals surface area contributed by atoms with Gasteiger partial charge in [0, 0.05) is 32.7 Å². The van der Waals surface area contributed by atoms with Gasteiger partial charge in [0.15, 0.2) is 5.76 Å². The average molecular weight is 395 g/mol. The van der Waals surface area contributed by atoms with Crippen LogP contribution in [0.5, 0.6) is 0 Å². The minimum absolute atomic E-state index is 0.0184. The molecule has 0 aliphatic carbocycles. The summed E-state index contributed by atoms with van der Waals surface area (Å²) in [6.07, 6.45) is 7.68. The maximum absolute atomic E-state index is 12.6. The third-order valence-corrected chi connectivity index (χ3v) is 5.96. The second-order valence-electron chi connectivity index (χ2n) is 7.41. The van der Waals surface area contributed by atoms with E-state index in [2.05, 4.69) is 5.32 Å². The van der Waals surface area contributed by atoms with E-state index < -0.39 is 0 Å². The maximum atomic E-state index is 12.6. The lowest BCUT2D eigenvalue weighted by Gasteiger charge is -2.31. The van der Waals surface area contributed by atoms with Gasteiger partial charge in [0.05, 0.1) is 11.9 Å². The van der Waals surface area contributed by atoms with Gasteiger partial charge in [-0.15, -0.1) is 0 Å². The molecule has 1 atom stereocenters. The van der Waals surface area contributed by atoms with Gasteiger partial charge in [-0.3, -0.25) is 9.59 Å². The van der Waals surface area contributed by atoms with Crippen LogP contribution in [0.1, 0.15) is 54.8 Å². The summed E-state index contributed by atoms with van der Waals surface area (Å²) < 4.78 is 11.2. The molecule has 1 N–H and O–H groups in total. The number of amides is 2. The number of carbonyl (C=O) groups is 2. The summed E-state index contributed by atoms with van der Waals surface area (Å²) in [5, 5.41) is 2.98. The zero-order valence-corrected chi connectivity index (χ0v) is 16.9. The fourth-order valence-electron chi connectivity index (χ4n) is 3.75. The van der Waals surface area contributed by atoms with Crippen LogP contribution in [0.3, 0.4) is 0 Å². The fourth-order valence-corrected chi connectivity index (χ4v) is 4.19. The molecule has 0 aromatic carbocycles. The van der Waals surface area contributed by atoms with Crippen LogP contribution in [0, 0.1) is 5.92 Å². The van der Waals surface area contributed by atoms with E-state index in [0.29, 0.717) is 24.6 Å². The third-order valence-electron chi connectivity index (χ3n) is 5.39. The van der Waals surface area contributed by atoms with Crippen LogP contribution in [0.2, 0.25) is 0 Å². The molecule has 2 aliphatic rings. The van der Waals surface area contributed by atoms with E-state index in [0.717, 1.165) is 63.3 Å². The molecule has 6 nitrogen and oxygen atoms in total. The van der Waals surface area contributed by atoms with Crippen LogP contribution < -0.4 is 5.32 Å².